The van der Waals surface area contributed by atoms with Crippen molar-refractivity contribution >= 4 is 11.6 Å². The van der Waals surface area contributed by atoms with Gasteiger partial charge in [0.05, 0.1) is 0 Å². The van der Waals surface area contributed by atoms with Gasteiger partial charge in [0.2, 0.25) is 5.28 Å². The fourth-order valence-corrected chi connectivity index (χ4v) is 3.51. The lowest BCUT2D eigenvalue weighted by atomic mass is 9.81. The Hall–Kier alpha value is -1.35. The maximum atomic E-state index is 6.26. The van der Waals surface area contributed by atoms with E-state index < -0.39 is 0 Å². The molecule has 1 aliphatic carbocycles. The van der Waals surface area contributed by atoms with Gasteiger partial charge in [-0.3, -0.25) is 4.57 Å². The maximum absolute atomic E-state index is 6.26. The number of rotatable bonds is 4. The molecule has 0 saturated heterocycles. The number of hydrogen-bond acceptors (Lipinski definition) is 2. The monoisotopic (exact) mass is 303 g/mol. The summed E-state index contributed by atoms with van der Waals surface area (Å²) >= 11 is 6.26. The van der Waals surface area contributed by atoms with E-state index in [0.29, 0.717) is 11.2 Å². The molecule has 1 saturated carbocycles. The predicted molar refractivity (Wildman–Crippen MR) is 86.2 cm³/mol. The van der Waals surface area contributed by atoms with Gasteiger partial charge in [-0.05, 0) is 36.3 Å². The Morgan fingerprint density at radius 1 is 1.05 bits per heavy atom. The van der Waals surface area contributed by atoms with Crippen LogP contribution in [0.2, 0.25) is 5.28 Å². The van der Waals surface area contributed by atoms with Crippen molar-refractivity contribution in [2.45, 2.75) is 45.6 Å². The van der Waals surface area contributed by atoms with Crippen molar-refractivity contribution in [3.8, 4) is 11.4 Å². The first-order chi connectivity index (χ1) is 10.3. The zero-order valence-electron chi connectivity index (χ0n) is 12.5. The van der Waals surface area contributed by atoms with Crippen molar-refractivity contribution in [3.63, 3.8) is 0 Å². The van der Waals surface area contributed by atoms with E-state index in [4.69, 9.17) is 11.6 Å². The SMILES string of the molecule is CCC1CCC(Cn2c(Cl)nnc2-c2ccccc2)CC1. The van der Waals surface area contributed by atoms with Crippen LogP contribution in [-0.4, -0.2) is 14.8 Å². The van der Waals surface area contributed by atoms with Crippen molar-refractivity contribution < 1.29 is 0 Å². The smallest absolute Gasteiger partial charge is 0.225 e. The maximum Gasteiger partial charge on any atom is 0.225 e. The van der Waals surface area contributed by atoms with E-state index in [9.17, 15) is 0 Å². The fraction of sp³-hybridized carbons (Fsp3) is 0.529. The molecule has 0 amide bonds. The summed E-state index contributed by atoms with van der Waals surface area (Å²) in [5, 5.41) is 8.84. The highest BCUT2D eigenvalue weighted by Gasteiger charge is 2.22. The summed E-state index contributed by atoms with van der Waals surface area (Å²) in [5.41, 5.74) is 1.08. The molecule has 2 aromatic rings. The average molecular weight is 304 g/mol. The van der Waals surface area contributed by atoms with Gasteiger partial charge in [0.1, 0.15) is 0 Å². The normalized spacial score (nSPS) is 22.4. The third-order valence-corrected chi connectivity index (χ3v) is 5.00. The molecule has 0 bridgehead atoms. The first kappa shape index (κ1) is 14.6. The Balaban J connectivity index is 1.76. The quantitative estimate of drug-likeness (QED) is 0.811. The first-order valence-corrected chi connectivity index (χ1v) is 8.29. The van der Waals surface area contributed by atoms with Gasteiger partial charge in [0, 0.05) is 12.1 Å². The topological polar surface area (TPSA) is 30.7 Å². The minimum absolute atomic E-state index is 0.506. The van der Waals surface area contributed by atoms with E-state index in [1.807, 2.05) is 18.2 Å². The molecular weight excluding hydrogens is 282 g/mol. The number of hydrogen-bond donors (Lipinski definition) is 0. The zero-order valence-corrected chi connectivity index (χ0v) is 13.3. The van der Waals surface area contributed by atoms with Crippen LogP contribution in [0.1, 0.15) is 39.0 Å². The standard InChI is InChI=1S/C17H22ClN3/c1-2-13-8-10-14(11-9-13)12-21-16(19-20-17(21)18)15-6-4-3-5-7-15/h3-7,13-14H,2,8-12H2,1H3. The summed E-state index contributed by atoms with van der Waals surface area (Å²) in [7, 11) is 0. The minimum atomic E-state index is 0.506. The molecule has 3 rings (SSSR count). The van der Waals surface area contributed by atoms with Gasteiger partial charge < -0.3 is 0 Å². The molecule has 0 radical (unpaired) electrons. The van der Waals surface area contributed by atoms with Crippen LogP contribution >= 0.6 is 11.6 Å². The number of halogens is 1. The third-order valence-electron chi connectivity index (χ3n) is 4.72. The second-order valence-electron chi connectivity index (χ2n) is 6.06. The Labute approximate surface area is 131 Å². The van der Waals surface area contributed by atoms with Gasteiger partial charge in [-0.1, -0.05) is 56.5 Å². The number of benzene rings is 1. The van der Waals surface area contributed by atoms with E-state index in [-0.39, 0.29) is 0 Å². The highest BCUT2D eigenvalue weighted by Crippen LogP contribution is 2.33. The van der Waals surface area contributed by atoms with Crippen LogP contribution in [0.15, 0.2) is 30.3 Å². The molecule has 1 heterocycles. The molecule has 112 valence electrons. The largest absolute Gasteiger partial charge is 0.298 e. The first-order valence-electron chi connectivity index (χ1n) is 7.92. The predicted octanol–water partition coefficient (Wildman–Crippen LogP) is 4.81. The van der Waals surface area contributed by atoms with E-state index in [1.165, 1.54) is 32.1 Å². The molecule has 1 aromatic heterocycles. The summed E-state index contributed by atoms with van der Waals surface area (Å²) in [4.78, 5) is 0. The molecule has 0 aliphatic heterocycles. The van der Waals surface area contributed by atoms with Crippen LogP contribution in [-0.2, 0) is 6.54 Å². The Morgan fingerprint density at radius 2 is 1.71 bits per heavy atom. The molecule has 21 heavy (non-hydrogen) atoms. The summed E-state index contributed by atoms with van der Waals surface area (Å²) < 4.78 is 2.08. The van der Waals surface area contributed by atoms with Gasteiger partial charge in [0.15, 0.2) is 5.82 Å². The van der Waals surface area contributed by atoms with Crippen LogP contribution in [0.3, 0.4) is 0 Å². The molecule has 1 aromatic carbocycles. The lowest BCUT2D eigenvalue weighted by molar-refractivity contribution is 0.248. The van der Waals surface area contributed by atoms with Gasteiger partial charge in [-0.2, -0.15) is 0 Å². The zero-order chi connectivity index (χ0) is 14.7. The lowest BCUT2D eigenvalue weighted by Crippen LogP contribution is -2.19. The van der Waals surface area contributed by atoms with Gasteiger partial charge >= 0.3 is 0 Å². The van der Waals surface area contributed by atoms with Crippen LogP contribution in [0.25, 0.3) is 11.4 Å². The number of aromatic nitrogens is 3. The van der Waals surface area contributed by atoms with Gasteiger partial charge in [-0.25, -0.2) is 0 Å². The molecule has 3 nitrogen and oxygen atoms in total. The summed E-state index contributed by atoms with van der Waals surface area (Å²) in [6, 6.07) is 10.2. The van der Waals surface area contributed by atoms with Gasteiger partial charge in [-0.15, -0.1) is 10.2 Å². The second kappa shape index (κ2) is 6.61. The van der Waals surface area contributed by atoms with Gasteiger partial charge in [0.25, 0.3) is 0 Å². The minimum Gasteiger partial charge on any atom is -0.298 e. The fourth-order valence-electron chi connectivity index (χ4n) is 3.33. The summed E-state index contributed by atoms with van der Waals surface area (Å²) in [5.74, 6) is 2.51. The lowest BCUT2D eigenvalue weighted by Gasteiger charge is -2.28. The van der Waals surface area contributed by atoms with Crippen molar-refractivity contribution in [3.05, 3.63) is 35.6 Å². The average Bonchev–Trinajstić information content (AvgIpc) is 2.90. The van der Waals surface area contributed by atoms with Crippen molar-refractivity contribution in [1.82, 2.24) is 14.8 Å². The Kier molecular flexibility index (Phi) is 4.59. The van der Waals surface area contributed by atoms with E-state index in [0.717, 1.165) is 23.9 Å². The molecule has 0 N–H and O–H groups in total. The molecule has 1 aliphatic rings. The van der Waals surface area contributed by atoms with Crippen molar-refractivity contribution in [2.75, 3.05) is 0 Å². The molecule has 0 atom stereocenters. The van der Waals surface area contributed by atoms with Crippen molar-refractivity contribution in [1.29, 1.82) is 0 Å². The second-order valence-corrected chi connectivity index (χ2v) is 6.40. The molecular formula is C17H22ClN3. The highest BCUT2D eigenvalue weighted by molar-refractivity contribution is 6.28. The van der Waals surface area contributed by atoms with E-state index in [1.54, 1.807) is 0 Å². The molecule has 0 unspecified atom stereocenters. The summed E-state index contributed by atoms with van der Waals surface area (Å²) in [6.45, 7) is 3.24. The van der Waals surface area contributed by atoms with E-state index >= 15 is 0 Å². The van der Waals surface area contributed by atoms with Crippen LogP contribution < -0.4 is 0 Å². The van der Waals surface area contributed by atoms with Crippen molar-refractivity contribution in [2.24, 2.45) is 11.8 Å². The van der Waals surface area contributed by atoms with Crippen LogP contribution in [0.4, 0.5) is 0 Å². The number of nitrogens with zero attached hydrogens (tertiary/aromatic N) is 3. The van der Waals surface area contributed by atoms with Crippen LogP contribution in [0.5, 0.6) is 0 Å². The third kappa shape index (κ3) is 3.29. The summed E-state index contributed by atoms with van der Waals surface area (Å²) in [6.07, 6.45) is 6.60. The molecule has 0 spiro atoms. The Morgan fingerprint density at radius 3 is 2.38 bits per heavy atom. The van der Waals surface area contributed by atoms with E-state index in [2.05, 4.69) is 33.8 Å². The molecule has 1 fully saturated rings. The Bertz CT molecular complexity index is 571. The highest BCUT2D eigenvalue weighted by atomic mass is 35.5. The van der Waals surface area contributed by atoms with Crippen LogP contribution in [0, 0.1) is 11.8 Å². The molecule has 4 heteroatoms.